The van der Waals surface area contributed by atoms with Gasteiger partial charge in [-0.15, -0.1) is 0 Å². The highest BCUT2D eigenvalue weighted by atomic mass is 19.1. The van der Waals surface area contributed by atoms with Crippen LogP contribution < -0.4 is 4.90 Å². The Hall–Kier alpha value is -2.76. The van der Waals surface area contributed by atoms with Crippen molar-refractivity contribution < 1.29 is 18.0 Å². The maximum atomic E-state index is 14.3. The molecule has 2 aromatic carbocycles. The van der Waals surface area contributed by atoms with E-state index in [1.807, 2.05) is 6.92 Å². The molecule has 0 bridgehead atoms. The van der Waals surface area contributed by atoms with Crippen LogP contribution in [0.25, 0.3) is 10.9 Å². The average molecular weight is 358 g/mol. The molecule has 1 N–H and O–H groups in total. The monoisotopic (exact) mass is 358 g/mol. The standard InChI is InChI=1S/C20H17F3N2O/c1-11-15(16-8-13(21)4-5-18(16)24-11)10-19(26)25-6-2-3-12-7-14(22)9-17(23)20(12)25/h4-5,7-9,24H,2-3,6,10H2,1H3. The van der Waals surface area contributed by atoms with Crippen molar-refractivity contribution in [2.45, 2.75) is 26.2 Å². The third kappa shape index (κ3) is 2.75. The van der Waals surface area contributed by atoms with Gasteiger partial charge in [0.25, 0.3) is 0 Å². The molecule has 4 rings (SSSR count). The third-order valence-electron chi connectivity index (χ3n) is 4.92. The number of hydrogen-bond acceptors (Lipinski definition) is 1. The number of fused-ring (bicyclic) bond motifs is 2. The zero-order valence-electron chi connectivity index (χ0n) is 14.2. The number of rotatable bonds is 2. The lowest BCUT2D eigenvalue weighted by Crippen LogP contribution is -2.37. The maximum absolute atomic E-state index is 14.3. The molecule has 3 aromatic rings. The Kier molecular flexibility index (Phi) is 3.98. The molecule has 0 fully saturated rings. The van der Waals surface area contributed by atoms with Crippen LogP contribution in [0.1, 0.15) is 23.2 Å². The number of nitrogens with zero attached hydrogens (tertiary/aromatic N) is 1. The Labute approximate surface area is 148 Å². The fourth-order valence-corrected chi connectivity index (χ4v) is 3.73. The zero-order valence-corrected chi connectivity index (χ0v) is 14.2. The molecule has 1 amide bonds. The number of amides is 1. The molecule has 0 radical (unpaired) electrons. The summed E-state index contributed by atoms with van der Waals surface area (Å²) in [5.74, 6) is -2.03. The smallest absolute Gasteiger partial charge is 0.231 e. The van der Waals surface area contributed by atoms with E-state index in [2.05, 4.69) is 4.98 Å². The summed E-state index contributed by atoms with van der Waals surface area (Å²) in [4.78, 5) is 17.4. The van der Waals surface area contributed by atoms with E-state index < -0.39 is 11.6 Å². The lowest BCUT2D eigenvalue weighted by Gasteiger charge is -2.30. The second-order valence-corrected chi connectivity index (χ2v) is 6.64. The van der Waals surface area contributed by atoms with Gasteiger partial charge in [-0.3, -0.25) is 4.79 Å². The number of aromatic nitrogens is 1. The summed E-state index contributed by atoms with van der Waals surface area (Å²) in [6.45, 7) is 2.20. The van der Waals surface area contributed by atoms with Crippen LogP contribution in [-0.4, -0.2) is 17.4 Å². The van der Waals surface area contributed by atoms with Crippen molar-refractivity contribution >= 4 is 22.5 Å². The Morgan fingerprint density at radius 1 is 1.15 bits per heavy atom. The van der Waals surface area contributed by atoms with Crippen molar-refractivity contribution in [2.24, 2.45) is 0 Å². The van der Waals surface area contributed by atoms with Crippen LogP contribution in [0, 0.1) is 24.4 Å². The minimum atomic E-state index is -0.727. The SMILES string of the molecule is Cc1[nH]c2ccc(F)cc2c1CC(=O)N1CCCc2cc(F)cc(F)c21. The van der Waals surface area contributed by atoms with Gasteiger partial charge in [0.2, 0.25) is 5.91 Å². The molecule has 2 heterocycles. The summed E-state index contributed by atoms with van der Waals surface area (Å²) in [7, 11) is 0. The van der Waals surface area contributed by atoms with E-state index >= 15 is 0 Å². The Morgan fingerprint density at radius 2 is 1.96 bits per heavy atom. The minimum Gasteiger partial charge on any atom is -0.358 e. The molecule has 0 unspecified atom stereocenters. The fourth-order valence-electron chi connectivity index (χ4n) is 3.73. The first-order chi connectivity index (χ1) is 12.4. The molecule has 0 aliphatic carbocycles. The van der Waals surface area contributed by atoms with Crippen LogP contribution >= 0.6 is 0 Å². The number of carbonyl (C=O) groups excluding carboxylic acids is 1. The van der Waals surface area contributed by atoms with Crippen LogP contribution in [0.15, 0.2) is 30.3 Å². The summed E-state index contributed by atoms with van der Waals surface area (Å²) in [5, 5.41) is 0.646. The second kappa shape index (κ2) is 6.20. The topological polar surface area (TPSA) is 36.1 Å². The van der Waals surface area contributed by atoms with E-state index in [0.29, 0.717) is 35.9 Å². The van der Waals surface area contributed by atoms with Crippen LogP contribution in [-0.2, 0) is 17.6 Å². The molecule has 0 saturated heterocycles. The third-order valence-corrected chi connectivity index (χ3v) is 4.92. The van der Waals surface area contributed by atoms with Gasteiger partial charge in [-0.05, 0) is 55.2 Å². The van der Waals surface area contributed by atoms with Gasteiger partial charge in [0.05, 0.1) is 12.1 Å². The van der Waals surface area contributed by atoms with Crippen LogP contribution in [0.5, 0.6) is 0 Å². The van der Waals surface area contributed by atoms with Gasteiger partial charge in [0.15, 0.2) is 0 Å². The summed E-state index contributed by atoms with van der Waals surface area (Å²) >= 11 is 0. The van der Waals surface area contributed by atoms with Crippen molar-refractivity contribution in [1.82, 2.24) is 4.98 Å². The van der Waals surface area contributed by atoms with Gasteiger partial charge < -0.3 is 9.88 Å². The Morgan fingerprint density at radius 3 is 2.77 bits per heavy atom. The summed E-state index contributed by atoms with van der Waals surface area (Å²) in [5.41, 5.74) is 2.88. The number of hydrogen-bond donors (Lipinski definition) is 1. The molecule has 0 saturated carbocycles. The predicted octanol–water partition coefficient (Wildman–Crippen LogP) is 4.42. The Bertz CT molecular complexity index is 1030. The van der Waals surface area contributed by atoms with Crippen molar-refractivity contribution in [3.8, 4) is 0 Å². The highest BCUT2D eigenvalue weighted by molar-refractivity contribution is 5.99. The summed E-state index contributed by atoms with van der Waals surface area (Å²) in [6.07, 6.45) is 1.19. The molecule has 6 heteroatoms. The van der Waals surface area contributed by atoms with Crippen LogP contribution in [0.3, 0.4) is 0 Å². The quantitative estimate of drug-likeness (QED) is 0.723. The van der Waals surface area contributed by atoms with Gasteiger partial charge in [-0.1, -0.05) is 0 Å². The predicted molar refractivity (Wildman–Crippen MR) is 93.7 cm³/mol. The molecule has 1 aromatic heterocycles. The van der Waals surface area contributed by atoms with Gasteiger partial charge in [-0.25, -0.2) is 13.2 Å². The molecular formula is C20H17F3N2O. The second-order valence-electron chi connectivity index (χ2n) is 6.64. The molecule has 0 spiro atoms. The van der Waals surface area contributed by atoms with E-state index in [1.165, 1.54) is 23.1 Å². The van der Waals surface area contributed by atoms with E-state index in [4.69, 9.17) is 0 Å². The maximum Gasteiger partial charge on any atom is 0.231 e. The number of aromatic amines is 1. The molecular weight excluding hydrogens is 341 g/mol. The molecule has 1 aliphatic heterocycles. The lowest BCUT2D eigenvalue weighted by molar-refractivity contribution is -0.118. The molecule has 134 valence electrons. The number of H-pyrrole nitrogens is 1. The van der Waals surface area contributed by atoms with Crippen molar-refractivity contribution in [2.75, 3.05) is 11.4 Å². The summed E-state index contributed by atoms with van der Waals surface area (Å²) < 4.78 is 41.4. The van der Waals surface area contributed by atoms with E-state index in [-0.39, 0.29) is 23.8 Å². The van der Waals surface area contributed by atoms with Crippen molar-refractivity contribution in [3.05, 3.63) is 64.6 Å². The van der Waals surface area contributed by atoms with Gasteiger partial charge in [0.1, 0.15) is 17.5 Å². The molecule has 0 atom stereocenters. The first kappa shape index (κ1) is 16.7. The fraction of sp³-hybridized carbons (Fsp3) is 0.250. The molecule has 1 aliphatic rings. The lowest BCUT2D eigenvalue weighted by atomic mass is 9.99. The number of nitrogens with one attached hydrogen (secondary N) is 1. The first-order valence-corrected chi connectivity index (χ1v) is 8.49. The number of benzene rings is 2. The number of carbonyl (C=O) groups is 1. The zero-order chi connectivity index (χ0) is 18.4. The highest BCUT2D eigenvalue weighted by Crippen LogP contribution is 2.32. The van der Waals surface area contributed by atoms with Gasteiger partial charge in [0, 0.05) is 29.2 Å². The summed E-state index contributed by atoms with van der Waals surface area (Å²) in [6, 6.07) is 6.46. The van der Waals surface area contributed by atoms with E-state index in [1.54, 1.807) is 6.07 Å². The molecule has 3 nitrogen and oxygen atoms in total. The first-order valence-electron chi connectivity index (χ1n) is 8.49. The van der Waals surface area contributed by atoms with Crippen LogP contribution in [0.4, 0.5) is 18.9 Å². The van der Waals surface area contributed by atoms with Crippen molar-refractivity contribution in [1.29, 1.82) is 0 Å². The number of halogens is 3. The number of aryl methyl sites for hydroxylation is 2. The number of anilines is 1. The van der Waals surface area contributed by atoms with Crippen LogP contribution in [0.2, 0.25) is 0 Å². The normalized spacial score (nSPS) is 13.9. The van der Waals surface area contributed by atoms with E-state index in [9.17, 15) is 18.0 Å². The largest absolute Gasteiger partial charge is 0.358 e. The Balaban J connectivity index is 1.71. The average Bonchev–Trinajstić information content (AvgIpc) is 2.89. The molecule has 26 heavy (non-hydrogen) atoms. The van der Waals surface area contributed by atoms with E-state index in [0.717, 1.165) is 17.3 Å². The highest BCUT2D eigenvalue weighted by Gasteiger charge is 2.27. The van der Waals surface area contributed by atoms with Gasteiger partial charge in [-0.2, -0.15) is 0 Å². The van der Waals surface area contributed by atoms with Crippen molar-refractivity contribution in [3.63, 3.8) is 0 Å². The van der Waals surface area contributed by atoms with Gasteiger partial charge >= 0.3 is 0 Å². The minimum absolute atomic E-state index is 0.0194.